The molecule has 0 radical (unpaired) electrons. The summed E-state index contributed by atoms with van der Waals surface area (Å²) in [5.41, 5.74) is 3.15. The van der Waals surface area contributed by atoms with Crippen molar-refractivity contribution in [2.75, 3.05) is 0 Å². The molecule has 2 aromatic heterocycles. The number of fused-ring (bicyclic) bond motifs is 6. The Hall–Kier alpha value is -12.3. The van der Waals surface area contributed by atoms with Crippen molar-refractivity contribution in [2.24, 2.45) is 0 Å². The molecule has 474 valence electrons. The molecule has 2 atom stereocenters. The van der Waals surface area contributed by atoms with Crippen molar-refractivity contribution in [2.45, 2.75) is 63.2 Å². The number of nitrogens with zero attached hydrogens (tertiary/aromatic N) is 2. The molecule has 0 saturated carbocycles. The largest absolute Gasteiger partial charge is 0.292 e. The van der Waals surface area contributed by atoms with Gasteiger partial charge in [0.1, 0.15) is 5.41 Å². The Balaban J connectivity index is 1.03. The summed E-state index contributed by atoms with van der Waals surface area (Å²) in [6, 6.07) is 46.7. The fraction of sp³-hybridized carbons (Fsp3) is 0.100. The number of aromatic nitrogens is 2. The second kappa shape index (κ2) is 13.1. The summed E-state index contributed by atoms with van der Waals surface area (Å²) in [6.07, 6.45) is 4.76. The predicted octanol–water partition coefficient (Wildman–Crippen LogP) is 22.8. The van der Waals surface area contributed by atoms with Crippen molar-refractivity contribution in [3.05, 3.63) is 210 Å². The average Bonchev–Trinajstić information content (AvgIpc) is 1.40. The normalized spacial score (nSPS) is 18.8. The molecule has 3 aliphatic carbocycles. The Kier molecular flexibility index (Phi) is 6.12. The smallest absolute Gasteiger partial charge is 0.195 e. The van der Waals surface area contributed by atoms with E-state index in [1.54, 1.807) is 0 Å². The van der Waals surface area contributed by atoms with Gasteiger partial charge in [0.15, 0.2) is 16.6 Å². The minimum atomic E-state index is -3.40. The monoisotopic (exact) mass is 1350 g/mol. The molecule has 5 nitrogen and oxygen atoms in total. The third kappa shape index (κ3) is 3.65. The summed E-state index contributed by atoms with van der Waals surface area (Å²) < 4.78 is 0. The molecule has 0 N–H and O–H groups in total. The van der Waals surface area contributed by atoms with Gasteiger partial charge in [-0.05, 0) is 177 Å². The number of hydrogen-bond donors (Lipinski definition) is 0. The highest BCUT2D eigenvalue weighted by molar-refractivity contribution is 7.89. The van der Waals surface area contributed by atoms with Gasteiger partial charge in [-0.1, -0.05) is 157 Å². The number of ketones is 1. The van der Waals surface area contributed by atoms with Crippen LogP contribution in [-0.4, -0.2) is 15.8 Å². The Morgan fingerprint density at radius 2 is 0.519 bits per heavy atom. The van der Waals surface area contributed by atoms with E-state index in [2.05, 4.69) is 181 Å². The highest BCUT2D eigenvalue weighted by atomic mass is 31.2. The first kappa shape index (κ1) is 49.4. The number of rotatable bonds is 5. The van der Waals surface area contributed by atoms with Gasteiger partial charge in [-0.3, -0.25) is 24.4 Å². The van der Waals surface area contributed by atoms with Crippen LogP contribution in [-0.2, 0) is 21.7 Å². The molecular weight excluding hydrogens is 1310 g/mol. The molecule has 6 heteroatoms. The van der Waals surface area contributed by atoms with Gasteiger partial charge in [0.05, 0.1) is 16.8 Å². The van der Waals surface area contributed by atoms with Gasteiger partial charge in [-0.15, -0.1) is 0 Å². The first-order chi connectivity index (χ1) is 51.8. The molecule has 2 heterocycles. The molecule has 0 fully saturated rings. The lowest BCUT2D eigenvalue weighted by Crippen LogP contribution is -2.47. The van der Waals surface area contributed by atoms with Crippen LogP contribution in [0.1, 0.15) is 91.4 Å². The summed E-state index contributed by atoms with van der Waals surface area (Å²) in [7, 11) is 0. The molecule has 2 unspecified atom stereocenters. The van der Waals surface area contributed by atoms with Crippen molar-refractivity contribution in [1.29, 1.82) is 0 Å². The molecule has 0 saturated heterocycles. The summed E-state index contributed by atoms with van der Waals surface area (Å²) in [5, 5.41) is 67.4. The second-order valence-electron chi connectivity index (χ2n) is 36.3. The number of pyridine rings is 2. The van der Waals surface area contributed by atoms with Crippen molar-refractivity contribution < 1.29 is 4.79 Å². The van der Waals surface area contributed by atoms with Gasteiger partial charge in [-0.2, -0.15) is 0 Å². The maximum atomic E-state index is 19.7. The lowest BCUT2D eigenvalue weighted by molar-refractivity contribution is 0.0937. The third-order valence-corrected chi connectivity index (χ3v) is 35.4. The Bertz CT molecular complexity index is 9920. The number of Topliss-reactive ketones (excluding diaryl/α,β-unsaturated/α-hetero) is 1. The fourth-order valence-electron chi connectivity index (χ4n) is 28.6. The molecular formula is C100H41N2O3P. The van der Waals surface area contributed by atoms with E-state index in [9.17, 15) is 0 Å². The number of hydrogen-bond acceptors (Lipinski definition) is 5. The van der Waals surface area contributed by atoms with E-state index in [1.165, 1.54) is 215 Å². The number of carbonyl (C=O) groups excluding carboxylic acids is 1. The van der Waals surface area contributed by atoms with Crippen LogP contribution in [0.25, 0.3) is 280 Å². The van der Waals surface area contributed by atoms with Gasteiger partial charge in [0, 0.05) is 200 Å². The number of benzene rings is 20. The maximum absolute atomic E-state index is 19.7. The van der Waals surface area contributed by atoms with Gasteiger partial charge < -0.3 is 0 Å². The molecule has 0 spiro atoms. The fourth-order valence-corrected chi connectivity index (χ4v) is 33.1. The topological polar surface area (TPSA) is 77.0 Å². The Morgan fingerprint density at radius 3 is 0.896 bits per heavy atom. The Morgan fingerprint density at radius 1 is 0.245 bits per heavy atom. The van der Waals surface area contributed by atoms with E-state index in [0.29, 0.717) is 16.6 Å². The molecule has 3 aliphatic rings. The highest BCUT2D eigenvalue weighted by Crippen LogP contribution is 2.79. The zero-order valence-electron chi connectivity index (χ0n) is 57.3. The number of allylic oxidation sites excluding steroid dienone is 2. The predicted molar refractivity (Wildman–Crippen MR) is 445 cm³/mol. The summed E-state index contributed by atoms with van der Waals surface area (Å²) in [6.45, 7) is 10.1. The van der Waals surface area contributed by atoms with Crippen LogP contribution in [0.4, 0.5) is 0 Å². The van der Waals surface area contributed by atoms with Crippen molar-refractivity contribution >= 4 is 309 Å². The zero-order valence-corrected chi connectivity index (χ0v) is 58.2. The van der Waals surface area contributed by atoms with E-state index < -0.39 is 28.5 Å². The minimum Gasteiger partial charge on any atom is -0.292 e. The van der Waals surface area contributed by atoms with Crippen LogP contribution in [0.5, 0.6) is 0 Å². The summed E-state index contributed by atoms with van der Waals surface area (Å²) >= 11 is 0. The molecule has 32 aromatic rings. The minimum absolute atomic E-state index is 0.0415. The molecule has 0 bridgehead atoms. The van der Waals surface area contributed by atoms with Gasteiger partial charge in [0.25, 0.3) is 0 Å². The van der Waals surface area contributed by atoms with E-state index >= 15 is 14.4 Å². The van der Waals surface area contributed by atoms with E-state index in [-0.39, 0.29) is 16.6 Å². The lowest BCUT2D eigenvalue weighted by Gasteiger charge is -2.48. The molecule has 106 heavy (non-hydrogen) atoms. The van der Waals surface area contributed by atoms with Crippen molar-refractivity contribution in [1.82, 2.24) is 9.97 Å². The SMILES string of the molecule is CC(C)(C)c1cccc(C23C=CC4(c5cccc(C(C)(C)C)n5)c5c2c2c6c(c7c(=O)c8c9c%10c%11c(=P(c%12ccccc%12)(c%12ccccc%12)c%12ccccc%12)c(=O)c%12c4c4c%13c5c5c2c2c%14c6c6c7c8c7c8c9c9c%10c%10c(c%12%11)c4c4c%11c%13c%12c5c2c2c5c%14c6c7c6c8c7c9c(c4%10)c4c%11c%12c2c(c56)c74)C3=O)n1. The van der Waals surface area contributed by atoms with E-state index in [4.69, 9.17) is 9.97 Å². The van der Waals surface area contributed by atoms with Crippen LogP contribution in [0.3, 0.4) is 0 Å². The molecule has 0 aliphatic heterocycles. The lowest BCUT2D eigenvalue weighted by atomic mass is 9.52. The van der Waals surface area contributed by atoms with Gasteiger partial charge in [0.2, 0.25) is 0 Å². The average molecular weight is 1350 g/mol. The third-order valence-electron chi connectivity index (χ3n) is 31.1. The van der Waals surface area contributed by atoms with Crippen LogP contribution < -0.4 is 26.8 Å². The molecule has 0 amide bonds. The van der Waals surface area contributed by atoms with Crippen LogP contribution in [0.2, 0.25) is 0 Å². The standard InChI is InChI=1S/C100H41N2O3P/c1-97(2,3)33-24-16-26-35(101-33)99-28-29-100(36-27-17-25-34(102-36)98(4,5)6)92-84-74-64-55-46-41-37-38-40-44-50-43(38)49-45-39(37)42(46)51-54-53(45)65-59(49)66-60(50)68-61-52(44)62-56-47(40)48(41)57-63(55)73(74)83(91(92)99)79(69(56)57)82-72(62)71(61)81-87(78(68)77(66)85-75(65)76-67(54)70(58(51)64)80(84)88(96(100)105)86(76)93(85)103)95(94(104)89(81)90(82)99)106(30-18-10-7-11-19-30,31-20-12-8-13-21-31)32-22-14-9-15-23-32/h7-29H,1-6H3. The van der Waals surface area contributed by atoms with E-state index in [0.717, 1.165) is 114 Å². The zero-order chi connectivity index (χ0) is 67.9. The van der Waals surface area contributed by atoms with E-state index in [1.807, 2.05) is 0 Å². The first-order valence-electron chi connectivity index (χ1n) is 38.0. The summed E-state index contributed by atoms with van der Waals surface area (Å²) in [5.74, 6) is -0.0889. The number of carbonyl (C=O) groups is 1. The molecule has 35 rings (SSSR count). The van der Waals surface area contributed by atoms with Crippen LogP contribution in [0.15, 0.2) is 149 Å². The van der Waals surface area contributed by atoms with Gasteiger partial charge >= 0.3 is 0 Å². The van der Waals surface area contributed by atoms with Crippen molar-refractivity contribution in [3.63, 3.8) is 0 Å². The van der Waals surface area contributed by atoms with Crippen LogP contribution in [0, 0.1) is 4.94 Å². The Labute approximate surface area is 592 Å². The quantitative estimate of drug-likeness (QED) is 0.0975. The molecule has 30 aromatic carbocycles. The van der Waals surface area contributed by atoms with Crippen molar-refractivity contribution in [3.8, 4) is 0 Å². The highest BCUT2D eigenvalue weighted by Gasteiger charge is 2.61. The first-order valence-corrected chi connectivity index (χ1v) is 39.8. The van der Waals surface area contributed by atoms with Gasteiger partial charge in [-0.25, -0.2) is 0 Å². The maximum Gasteiger partial charge on any atom is 0.195 e. The second-order valence-corrected chi connectivity index (χ2v) is 39.6. The van der Waals surface area contributed by atoms with Crippen LogP contribution >= 0.6 is 6.89 Å². The summed E-state index contributed by atoms with van der Waals surface area (Å²) in [4.78, 5) is 70.5.